The summed E-state index contributed by atoms with van der Waals surface area (Å²) in [6, 6.07) is 4.41. The van der Waals surface area contributed by atoms with Gasteiger partial charge >= 0.3 is 5.97 Å². The van der Waals surface area contributed by atoms with Crippen LogP contribution in [0.5, 0.6) is 0 Å². The van der Waals surface area contributed by atoms with Crippen molar-refractivity contribution in [2.45, 2.75) is 50.0 Å². The molecular weight excluding hydrogens is 330 g/mol. The van der Waals surface area contributed by atoms with Gasteiger partial charge in [-0.3, -0.25) is 9.59 Å². The Balaban J connectivity index is 1.95. The van der Waals surface area contributed by atoms with Crippen molar-refractivity contribution in [1.29, 1.82) is 0 Å². The molecule has 0 bridgehead atoms. The van der Waals surface area contributed by atoms with E-state index in [1.165, 1.54) is 10.4 Å². The lowest BCUT2D eigenvalue weighted by molar-refractivity contribution is -0.143. The zero-order valence-corrected chi connectivity index (χ0v) is 14.4. The summed E-state index contributed by atoms with van der Waals surface area (Å²) in [6.45, 7) is 1.80. The molecule has 130 valence electrons. The third-order valence-electron chi connectivity index (χ3n) is 5.01. The first-order chi connectivity index (χ1) is 11.3. The van der Waals surface area contributed by atoms with Gasteiger partial charge in [-0.15, -0.1) is 0 Å². The first-order valence-electron chi connectivity index (χ1n) is 8.21. The van der Waals surface area contributed by atoms with Crippen LogP contribution in [0, 0.1) is 5.92 Å². The van der Waals surface area contributed by atoms with Gasteiger partial charge in [0.05, 0.1) is 10.8 Å². The first-order valence-corrected chi connectivity index (χ1v) is 9.65. The number of nitrogens with zero attached hydrogens (tertiary/aromatic N) is 1. The number of carboxylic acids is 1. The lowest BCUT2D eigenvalue weighted by Gasteiger charge is -2.35. The third-order valence-corrected chi connectivity index (χ3v) is 6.98. The molecule has 1 N–H and O–H groups in total. The summed E-state index contributed by atoms with van der Waals surface area (Å²) in [7, 11) is -3.77. The fourth-order valence-electron chi connectivity index (χ4n) is 3.53. The van der Waals surface area contributed by atoms with E-state index in [9.17, 15) is 23.1 Å². The minimum atomic E-state index is -3.77. The molecule has 1 saturated heterocycles. The number of piperidine rings is 1. The molecule has 0 radical (unpaired) electrons. The summed E-state index contributed by atoms with van der Waals surface area (Å²) in [5, 5.41) is 9.21. The normalized spacial score (nSPS) is 25.3. The van der Waals surface area contributed by atoms with Gasteiger partial charge in [0.15, 0.2) is 5.78 Å². The summed E-state index contributed by atoms with van der Waals surface area (Å²) in [5.41, 5.74) is 1.38. The van der Waals surface area contributed by atoms with Crippen LogP contribution in [0.15, 0.2) is 23.1 Å². The molecule has 1 aliphatic carbocycles. The topological polar surface area (TPSA) is 91.8 Å². The van der Waals surface area contributed by atoms with E-state index >= 15 is 0 Å². The van der Waals surface area contributed by atoms with Crippen LogP contribution >= 0.6 is 0 Å². The lowest BCUT2D eigenvalue weighted by Crippen LogP contribution is -2.47. The van der Waals surface area contributed by atoms with Crippen molar-refractivity contribution in [3.63, 3.8) is 0 Å². The van der Waals surface area contributed by atoms with Crippen LogP contribution in [-0.2, 0) is 21.2 Å². The Morgan fingerprint density at radius 1 is 1.25 bits per heavy atom. The van der Waals surface area contributed by atoms with Gasteiger partial charge in [0, 0.05) is 24.6 Å². The minimum absolute atomic E-state index is 0.00511. The second-order valence-electron chi connectivity index (χ2n) is 6.63. The number of carbonyl (C=O) groups excluding carboxylic acids is 1. The number of hydrogen-bond donors (Lipinski definition) is 1. The van der Waals surface area contributed by atoms with Crippen molar-refractivity contribution in [3.8, 4) is 0 Å². The van der Waals surface area contributed by atoms with Crippen LogP contribution in [0.1, 0.15) is 48.5 Å². The second kappa shape index (κ2) is 6.29. The van der Waals surface area contributed by atoms with E-state index in [0.717, 1.165) is 12.0 Å². The Kier molecular flexibility index (Phi) is 4.48. The quantitative estimate of drug-likeness (QED) is 0.900. The molecule has 2 unspecified atom stereocenters. The number of carboxylic acid groups (broad SMARTS) is 1. The first kappa shape index (κ1) is 17.1. The number of sulfonamides is 1. The maximum Gasteiger partial charge on any atom is 0.307 e. The summed E-state index contributed by atoms with van der Waals surface area (Å²) < 4.78 is 27.3. The zero-order valence-electron chi connectivity index (χ0n) is 13.6. The third kappa shape index (κ3) is 2.98. The van der Waals surface area contributed by atoms with E-state index in [0.29, 0.717) is 31.2 Å². The molecule has 1 aliphatic heterocycles. The van der Waals surface area contributed by atoms with Gasteiger partial charge in [-0.1, -0.05) is 0 Å². The number of Topliss-reactive ketones (excluding diaryl/α,β-unsaturated/α-hetero) is 1. The largest absolute Gasteiger partial charge is 0.481 e. The number of aliphatic carboxylic acids is 1. The smallest absolute Gasteiger partial charge is 0.307 e. The van der Waals surface area contributed by atoms with Crippen molar-refractivity contribution in [2.75, 3.05) is 6.54 Å². The summed E-state index contributed by atoms with van der Waals surface area (Å²) in [4.78, 5) is 23.3. The molecule has 0 amide bonds. The van der Waals surface area contributed by atoms with E-state index in [1.807, 2.05) is 0 Å². The number of ketones is 1. The molecule has 1 aromatic carbocycles. The van der Waals surface area contributed by atoms with Crippen LogP contribution in [0.25, 0.3) is 0 Å². The summed E-state index contributed by atoms with van der Waals surface area (Å²) >= 11 is 0. The molecule has 1 aromatic rings. The maximum absolute atomic E-state index is 13.0. The Morgan fingerprint density at radius 3 is 2.71 bits per heavy atom. The van der Waals surface area contributed by atoms with Crippen molar-refractivity contribution in [3.05, 3.63) is 29.3 Å². The molecule has 6 nitrogen and oxygen atoms in total. The average Bonchev–Trinajstić information content (AvgIpc) is 2.54. The van der Waals surface area contributed by atoms with Crippen molar-refractivity contribution < 1.29 is 23.1 Å². The average molecular weight is 351 g/mol. The van der Waals surface area contributed by atoms with E-state index in [-0.39, 0.29) is 23.3 Å². The number of rotatable bonds is 3. The highest BCUT2D eigenvalue weighted by Crippen LogP contribution is 2.30. The Bertz CT molecular complexity index is 786. The highest BCUT2D eigenvalue weighted by atomic mass is 32.2. The molecule has 0 spiro atoms. The predicted molar refractivity (Wildman–Crippen MR) is 87.4 cm³/mol. The molecule has 24 heavy (non-hydrogen) atoms. The highest BCUT2D eigenvalue weighted by molar-refractivity contribution is 7.89. The predicted octanol–water partition coefficient (Wildman–Crippen LogP) is 2.08. The number of hydrogen-bond acceptors (Lipinski definition) is 4. The molecule has 2 aliphatic rings. The monoisotopic (exact) mass is 351 g/mol. The number of aryl methyl sites for hydroxylation is 1. The maximum atomic E-state index is 13.0. The van der Waals surface area contributed by atoms with Crippen molar-refractivity contribution in [2.24, 2.45) is 5.92 Å². The van der Waals surface area contributed by atoms with E-state index < -0.39 is 21.9 Å². The number of carbonyl (C=O) groups is 2. The van der Waals surface area contributed by atoms with E-state index in [1.54, 1.807) is 19.1 Å². The van der Waals surface area contributed by atoms with Gasteiger partial charge in [0.25, 0.3) is 0 Å². The summed E-state index contributed by atoms with van der Waals surface area (Å²) in [6.07, 6.45) is 2.94. The molecular formula is C17H21NO5S. The van der Waals surface area contributed by atoms with Crippen molar-refractivity contribution >= 4 is 21.8 Å². The molecule has 0 saturated carbocycles. The van der Waals surface area contributed by atoms with Crippen LogP contribution in [0.4, 0.5) is 0 Å². The fraction of sp³-hybridized carbons (Fsp3) is 0.529. The minimum Gasteiger partial charge on any atom is -0.481 e. The van der Waals surface area contributed by atoms with Crippen LogP contribution in [0.2, 0.25) is 0 Å². The Morgan fingerprint density at radius 2 is 2.00 bits per heavy atom. The highest BCUT2D eigenvalue weighted by Gasteiger charge is 2.37. The van der Waals surface area contributed by atoms with Crippen LogP contribution in [-0.4, -0.2) is 42.2 Å². The SMILES string of the molecule is CC1CCC(C(=O)O)CN1S(=O)(=O)c1ccc2c(c1)CCCC2=O. The van der Waals surface area contributed by atoms with Gasteiger partial charge in [-0.25, -0.2) is 8.42 Å². The van der Waals surface area contributed by atoms with Crippen LogP contribution < -0.4 is 0 Å². The Hall–Kier alpha value is -1.73. The lowest BCUT2D eigenvalue weighted by atomic mass is 9.91. The molecule has 2 atom stereocenters. The molecule has 1 fully saturated rings. The van der Waals surface area contributed by atoms with Gasteiger partial charge in [0.1, 0.15) is 0 Å². The van der Waals surface area contributed by atoms with Gasteiger partial charge in [0.2, 0.25) is 10.0 Å². The standard InChI is InChI=1S/C17H21NO5S/c1-11-5-6-13(17(20)21)10-18(11)24(22,23)14-7-8-15-12(9-14)3-2-4-16(15)19/h7-9,11,13H,2-6,10H2,1H3,(H,20,21). The van der Waals surface area contributed by atoms with Crippen molar-refractivity contribution in [1.82, 2.24) is 4.31 Å². The molecule has 1 heterocycles. The van der Waals surface area contributed by atoms with Crippen LogP contribution in [0.3, 0.4) is 0 Å². The molecule has 3 rings (SSSR count). The second-order valence-corrected chi connectivity index (χ2v) is 8.52. The zero-order chi connectivity index (χ0) is 17.5. The van der Waals surface area contributed by atoms with Gasteiger partial charge < -0.3 is 5.11 Å². The fourth-order valence-corrected chi connectivity index (χ4v) is 5.29. The molecule has 7 heteroatoms. The van der Waals surface area contributed by atoms with Gasteiger partial charge in [-0.05, 0) is 56.4 Å². The Labute approximate surface area is 141 Å². The van der Waals surface area contributed by atoms with E-state index in [4.69, 9.17) is 0 Å². The molecule has 0 aromatic heterocycles. The van der Waals surface area contributed by atoms with E-state index in [2.05, 4.69) is 0 Å². The summed E-state index contributed by atoms with van der Waals surface area (Å²) in [5.74, 6) is -1.58. The number of fused-ring (bicyclic) bond motifs is 1. The number of benzene rings is 1. The van der Waals surface area contributed by atoms with Gasteiger partial charge in [-0.2, -0.15) is 4.31 Å².